The molecule has 0 amide bonds. The van der Waals surface area contributed by atoms with E-state index in [-0.39, 0.29) is 0 Å². The summed E-state index contributed by atoms with van der Waals surface area (Å²) in [5.74, 6) is 0.917. The zero-order chi connectivity index (χ0) is 15.3. The van der Waals surface area contributed by atoms with Gasteiger partial charge in [-0.2, -0.15) is 0 Å². The molecule has 1 aromatic carbocycles. The molecule has 3 rings (SSSR count). The van der Waals surface area contributed by atoms with E-state index in [4.69, 9.17) is 0 Å². The molecular formula is C19H28BrN. The molecule has 0 aromatic heterocycles. The Morgan fingerprint density at radius 3 is 2.43 bits per heavy atom. The number of hydrogen-bond donors (Lipinski definition) is 1. The normalized spacial score (nSPS) is 35.1. The molecule has 0 heterocycles. The minimum atomic E-state index is 0.478. The average molecular weight is 350 g/mol. The zero-order valence-corrected chi connectivity index (χ0v) is 15.3. The van der Waals surface area contributed by atoms with Crippen LogP contribution in [0.3, 0.4) is 0 Å². The van der Waals surface area contributed by atoms with Gasteiger partial charge < -0.3 is 5.32 Å². The summed E-state index contributed by atoms with van der Waals surface area (Å²) in [5.41, 5.74) is 2.40. The van der Waals surface area contributed by atoms with Crippen molar-refractivity contribution in [2.45, 2.75) is 65.5 Å². The Kier molecular flexibility index (Phi) is 3.99. The predicted octanol–water partition coefficient (Wildman–Crippen LogP) is 5.18. The number of nitrogens with one attached hydrogen (secondary N) is 1. The van der Waals surface area contributed by atoms with Gasteiger partial charge in [0.15, 0.2) is 0 Å². The fraction of sp³-hybridized carbons (Fsp3) is 0.684. The topological polar surface area (TPSA) is 12.0 Å². The molecule has 2 fully saturated rings. The molecule has 1 nitrogen and oxygen atoms in total. The zero-order valence-electron chi connectivity index (χ0n) is 13.7. The Hall–Kier alpha value is -0.340. The van der Waals surface area contributed by atoms with Gasteiger partial charge in [-0.05, 0) is 67.1 Å². The molecule has 0 spiro atoms. The van der Waals surface area contributed by atoms with Crippen LogP contribution in [0.15, 0.2) is 28.7 Å². The molecule has 2 heteroatoms. The van der Waals surface area contributed by atoms with Crippen molar-refractivity contribution in [1.82, 2.24) is 5.32 Å². The third kappa shape index (κ3) is 2.59. The van der Waals surface area contributed by atoms with Crippen LogP contribution in [0, 0.1) is 16.7 Å². The summed E-state index contributed by atoms with van der Waals surface area (Å²) < 4.78 is 1.16. The van der Waals surface area contributed by atoms with Crippen LogP contribution in [0.25, 0.3) is 0 Å². The first-order valence-electron chi connectivity index (χ1n) is 8.33. The molecule has 2 aliphatic carbocycles. The first-order valence-corrected chi connectivity index (χ1v) is 9.13. The molecule has 21 heavy (non-hydrogen) atoms. The van der Waals surface area contributed by atoms with Crippen molar-refractivity contribution in [3.8, 4) is 0 Å². The van der Waals surface area contributed by atoms with Gasteiger partial charge in [-0.25, -0.2) is 0 Å². The van der Waals surface area contributed by atoms with Crippen molar-refractivity contribution in [2.24, 2.45) is 16.7 Å². The van der Waals surface area contributed by atoms with E-state index in [0.29, 0.717) is 22.9 Å². The van der Waals surface area contributed by atoms with Gasteiger partial charge in [-0.3, -0.25) is 0 Å². The first-order chi connectivity index (χ1) is 9.83. The maximum Gasteiger partial charge on any atom is 0.0175 e. The smallest absolute Gasteiger partial charge is 0.0175 e. The molecule has 2 bridgehead atoms. The highest BCUT2D eigenvalue weighted by Gasteiger charge is 2.61. The van der Waals surface area contributed by atoms with Crippen LogP contribution in [-0.2, 0) is 6.42 Å². The lowest BCUT2D eigenvalue weighted by Gasteiger charge is -2.40. The second kappa shape index (κ2) is 5.38. The summed E-state index contributed by atoms with van der Waals surface area (Å²) in [5, 5.41) is 3.96. The highest BCUT2D eigenvalue weighted by atomic mass is 79.9. The van der Waals surface area contributed by atoms with E-state index in [0.717, 1.165) is 16.8 Å². The van der Waals surface area contributed by atoms with Crippen molar-refractivity contribution in [3.05, 3.63) is 34.3 Å². The Labute approximate surface area is 138 Å². The van der Waals surface area contributed by atoms with Gasteiger partial charge in [0.1, 0.15) is 0 Å². The number of benzene rings is 1. The largest absolute Gasteiger partial charge is 0.311 e. The van der Waals surface area contributed by atoms with Gasteiger partial charge in [0.05, 0.1) is 0 Å². The molecule has 0 aliphatic heterocycles. The Morgan fingerprint density at radius 2 is 1.90 bits per heavy atom. The molecule has 1 N–H and O–H groups in total. The second-order valence-electron chi connectivity index (χ2n) is 8.06. The van der Waals surface area contributed by atoms with Crippen molar-refractivity contribution >= 4 is 15.9 Å². The van der Waals surface area contributed by atoms with Crippen molar-refractivity contribution < 1.29 is 0 Å². The Balaban J connectivity index is 1.64. The summed E-state index contributed by atoms with van der Waals surface area (Å²) in [4.78, 5) is 0. The molecule has 4 unspecified atom stereocenters. The van der Waals surface area contributed by atoms with Gasteiger partial charge in [0, 0.05) is 16.6 Å². The molecule has 1 aromatic rings. The second-order valence-corrected chi connectivity index (χ2v) is 8.98. The monoisotopic (exact) mass is 349 g/mol. The van der Waals surface area contributed by atoms with E-state index in [9.17, 15) is 0 Å². The third-order valence-electron chi connectivity index (χ3n) is 6.73. The molecule has 2 aliphatic rings. The standard InChI is InChI=1S/C19H28BrN/c1-13(11-14-5-7-16(20)8-6-14)21-17-12-15-9-10-19(17,4)18(15,2)3/h5-8,13,15,17,21H,9-12H2,1-4H3. The average Bonchev–Trinajstić information content (AvgIpc) is 2.74. The number of halogens is 1. The molecule has 4 atom stereocenters. The predicted molar refractivity (Wildman–Crippen MR) is 93.5 cm³/mol. The van der Waals surface area contributed by atoms with Crippen LogP contribution in [0.1, 0.15) is 52.5 Å². The maximum atomic E-state index is 3.96. The third-order valence-corrected chi connectivity index (χ3v) is 7.26. The number of rotatable bonds is 4. The lowest BCUT2D eigenvalue weighted by atomic mass is 9.69. The maximum absolute atomic E-state index is 3.96. The number of hydrogen-bond acceptors (Lipinski definition) is 1. The van der Waals surface area contributed by atoms with Crippen LogP contribution in [0.2, 0.25) is 0 Å². The van der Waals surface area contributed by atoms with E-state index < -0.39 is 0 Å². The minimum absolute atomic E-state index is 0.478. The van der Waals surface area contributed by atoms with E-state index in [1.54, 1.807) is 0 Å². The van der Waals surface area contributed by atoms with E-state index >= 15 is 0 Å². The van der Waals surface area contributed by atoms with E-state index in [1.807, 2.05) is 0 Å². The van der Waals surface area contributed by atoms with E-state index in [2.05, 4.69) is 73.2 Å². The van der Waals surface area contributed by atoms with Crippen molar-refractivity contribution in [1.29, 1.82) is 0 Å². The van der Waals surface area contributed by atoms with Crippen LogP contribution >= 0.6 is 15.9 Å². The lowest BCUT2D eigenvalue weighted by molar-refractivity contribution is 0.116. The quantitative estimate of drug-likeness (QED) is 0.788. The molecular weight excluding hydrogens is 322 g/mol. The van der Waals surface area contributed by atoms with Gasteiger partial charge in [-0.15, -0.1) is 0 Å². The minimum Gasteiger partial charge on any atom is -0.311 e. The van der Waals surface area contributed by atoms with Crippen LogP contribution in [-0.4, -0.2) is 12.1 Å². The van der Waals surface area contributed by atoms with E-state index in [1.165, 1.54) is 24.8 Å². The van der Waals surface area contributed by atoms with Gasteiger partial charge in [-0.1, -0.05) is 48.8 Å². The van der Waals surface area contributed by atoms with Gasteiger partial charge in [0.25, 0.3) is 0 Å². The van der Waals surface area contributed by atoms with Gasteiger partial charge in [0.2, 0.25) is 0 Å². The molecule has 0 radical (unpaired) electrons. The fourth-order valence-corrected chi connectivity index (χ4v) is 5.10. The molecule has 0 saturated heterocycles. The van der Waals surface area contributed by atoms with Crippen LogP contribution in [0.5, 0.6) is 0 Å². The van der Waals surface area contributed by atoms with Crippen LogP contribution < -0.4 is 5.32 Å². The summed E-state index contributed by atoms with van der Waals surface area (Å²) in [6, 6.07) is 9.98. The SMILES string of the molecule is CC(Cc1ccc(Br)cc1)NC1CC2CCC1(C)C2(C)C. The summed E-state index contributed by atoms with van der Waals surface area (Å²) in [7, 11) is 0. The molecule has 116 valence electrons. The Morgan fingerprint density at radius 1 is 1.24 bits per heavy atom. The summed E-state index contributed by atoms with van der Waals surface area (Å²) in [6.07, 6.45) is 5.31. The summed E-state index contributed by atoms with van der Waals surface area (Å²) in [6.45, 7) is 9.84. The molecule has 2 saturated carbocycles. The van der Waals surface area contributed by atoms with Crippen molar-refractivity contribution in [2.75, 3.05) is 0 Å². The number of fused-ring (bicyclic) bond motifs is 2. The Bertz CT molecular complexity index is 507. The fourth-order valence-electron chi connectivity index (χ4n) is 4.83. The lowest BCUT2D eigenvalue weighted by Crippen LogP contribution is -2.48. The highest BCUT2D eigenvalue weighted by Crippen LogP contribution is 2.65. The summed E-state index contributed by atoms with van der Waals surface area (Å²) >= 11 is 3.51. The van der Waals surface area contributed by atoms with Crippen molar-refractivity contribution in [3.63, 3.8) is 0 Å². The highest BCUT2D eigenvalue weighted by molar-refractivity contribution is 9.10. The van der Waals surface area contributed by atoms with Gasteiger partial charge >= 0.3 is 0 Å². The van der Waals surface area contributed by atoms with Crippen LogP contribution in [0.4, 0.5) is 0 Å². The first kappa shape index (κ1) is 15.6.